The molecule has 0 saturated heterocycles. The zero-order chi connectivity index (χ0) is 23.4. The highest BCUT2D eigenvalue weighted by atomic mass is 32.2. The standard InChI is InChI=1S/C20H16F3N3O4S2/c21-20(22,23)12-24-18(27)13-5-3-6-14(11-13)25-19(28)15-7-1-2-8-16(15)26-32(29,30)17-9-4-10-31-17/h1-11,26H,12H2,(H,24,27)(H,25,28). The van der Waals surface area contributed by atoms with Gasteiger partial charge in [-0.05, 0) is 41.8 Å². The topological polar surface area (TPSA) is 104 Å². The number of thiophene rings is 1. The monoisotopic (exact) mass is 483 g/mol. The number of sulfonamides is 1. The van der Waals surface area contributed by atoms with Crippen LogP contribution in [0, 0.1) is 0 Å². The number of halogens is 3. The van der Waals surface area contributed by atoms with E-state index < -0.39 is 34.6 Å². The molecule has 2 aromatic carbocycles. The lowest BCUT2D eigenvalue weighted by Crippen LogP contribution is -2.33. The summed E-state index contributed by atoms with van der Waals surface area (Å²) in [5.41, 5.74) is 0.112. The maximum atomic E-state index is 12.8. The summed E-state index contributed by atoms with van der Waals surface area (Å²) < 4.78 is 64.3. The summed E-state index contributed by atoms with van der Waals surface area (Å²) >= 11 is 1.02. The smallest absolute Gasteiger partial charge is 0.343 e. The van der Waals surface area contributed by atoms with E-state index in [9.17, 15) is 31.2 Å². The number of alkyl halides is 3. The van der Waals surface area contributed by atoms with Crippen LogP contribution < -0.4 is 15.4 Å². The summed E-state index contributed by atoms with van der Waals surface area (Å²) in [5.74, 6) is -1.63. The molecule has 3 rings (SSSR count). The molecular formula is C20H16F3N3O4S2. The molecule has 0 saturated carbocycles. The molecule has 168 valence electrons. The fraction of sp³-hybridized carbons (Fsp3) is 0.100. The summed E-state index contributed by atoms with van der Waals surface area (Å²) in [7, 11) is -3.89. The summed E-state index contributed by atoms with van der Waals surface area (Å²) in [4.78, 5) is 24.7. The lowest BCUT2D eigenvalue weighted by atomic mass is 10.1. The highest BCUT2D eigenvalue weighted by Gasteiger charge is 2.28. The fourth-order valence-electron chi connectivity index (χ4n) is 2.60. The molecule has 0 spiro atoms. The van der Waals surface area contributed by atoms with Crippen molar-refractivity contribution >= 4 is 44.5 Å². The second kappa shape index (κ2) is 9.40. The molecule has 0 fully saturated rings. The van der Waals surface area contributed by atoms with Gasteiger partial charge in [0.25, 0.3) is 21.8 Å². The summed E-state index contributed by atoms with van der Waals surface area (Å²) in [5, 5.41) is 5.86. The Labute approximate surface area is 185 Å². The minimum absolute atomic E-state index is 0.0135. The minimum Gasteiger partial charge on any atom is -0.343 e. The number of anilines is 2. The van der Waals surface area contributed by atoms with Crippen LogP contribution >= 0.6 is 11.3 Å². The van der Waals surface area contributed by atoms with Crippen LogP contribution in [0.2, 0.25) is 0 Å². The average molecular weight is 483 g/mol. The first-order valence-corrected chi connectivity index (χ1v) is 11.3. The van der Waals surface area contributed by atoms with E-state index in [1.165, 1.54) is 42.5 Å². The number of nitrogens with one attached hydrogen (secondary N) is 3. The van der Waals surface area contributed by atoms with E-state index in [1.54, 1.807) is 28.9 Å². The van der Waals surface area contributed by atoms with Gasteiger partial charge in [0, 0.05) is 11.3 Å². The van der Waals surface area contributed by atoms with Gasteiger partial charge in [-0.3, -0.25) is 14.3 Å². The number of benzene rings is 2. The number of hydrogen-bond acceptors (Lipinski definition) is 5. The van der Waals surface area contributed by atoms with Gasteiger partial charge in [0.1, 0.15) is 10.8 Å². The highest BCUT2D eigenvalue weighted by molar-refractivity contribution is 7.94. The van der Waals surface area contributed by atoms with Crippen LogP contribution in [0.15, 0.2) is 70.3 Å². The molecule has 12 heteroatoms. The van der Waals surface area contributed by atoms with Crippen LogP contribution in [0.4, 0.5) is 24.5 Å². The zero-order valence-electron chi connectivity index (χ0n) is 16.1. The molecule has 0 radical (unpaired) electrons. The fourth-order valence-corrected chi connectivity index (χ4v) is 4.67. The van der Waals surface area contributed by atoms with Crippen LogP contribution in [0.5, 0.6) is 0 Å². The highest BCUT2D eigenvalue weighted by Crippen LogP contribution is 2.24. The van der Waals surface area contributed by atoms with Crippen LogP contribution in [-0.4, -0.2) is 33.0 Å². The Hall–Kier alpha value is -3.38. The first kappa shape index (κ1) is 23.3. The van der Waals surface area contributed by atoms with Gasteiger partial charge in [0.2, 0.25) is 0 Å². The zero-order valence-corrected chi connectivity index (χ0v) is 17.8. The van der Waals surface area contributed by atoms with Gasteiger partial charge in [-0.1, -0.05) is 24.3 Å². The van der Waals surface area contributed by atoms with Gasteiger partial charge in [-0.2, -0.15) is 13.2 Å². The Morgan fingerprint density at radius 2 is 1.69 bits per heavy atom. The van der Waals surface area contributed by atoms with Crippen molar-refractivity contribution in [1.82, 2.24) is 5.32 Å². The van der Waals surface area contributed by atoms with Crippen LogP contribution in [-0.2, 0) is 10.0 Å². The first-order chi connectivity index (χ1) is 15.0. The summed E-state index contributed by atoms with van der Waals surface area (Å²) in [6.45, 7) is -1.49. The van der Waals surface area contributed by atoms with E-state index in [2.05, 4.69) is 10.0 Å². The summed E-state index contributed by atoms with van der Waals surface area (Å²) in [6.07, 6.45) is -4.55. The van der Waals surface area contributed by atoms with E-state index in [0.29, 0.717) is 0 Å². The van der Waals surface area contributed by atoms with Gasteiger partial charge >= 0.3 is 6.18 Å². The molecular weight excluding hydrogens is 467 g/mol. The van der Waals surface area contributed by atoms with Crippen molar-refractivity contribution in [2.24, 2.45) is 0 Å². The number of hydrogen-bond donors (Lipinski definition) is 3. The molecule has 7 nitrogen and oxygen atoms in total. The Morgan fingerprint density at radius 3 is 2.38 bits per heavy atom. The molecule has 0 unspecified atom stereocenters. The molecule has 0 atom stereocenters. The molecule has 0 aliphatic heterocycles. The second-order valence-corrected chi connectivity index (χ2v) is 9.27. The molecule has 1 aromatic heterocycles. The number of amides is 2. The molecule has 1 heterocycles. The largest absolute Gasteiger partial charge is 0.405 e. The Bertz CT molecular complexity index is 1230. The van der Waals surface area contributed by atoms with Gasteiger partial charge in [0.05, 0.1) is 11.3 Å². The Morgan fingerprint density at radius 1 is 0.938 bits per heavy atom. The quantitative estimate of drug-likeness (QED) is 0.471. The van der Waals surface area contributed by atoms with E-state index in [4.69, 9.17) is 0 Å². The van der Waals surface area contributed by atoms with Crippen molar-refractivity contribution in [2.75, 3.05) is 16.6 Å². The molecule has 0 aliphatic carbocycles. The third kappa shape index (κ3) is 6.08. The second-order valence-electron chi connectivity index (χ2n) is 6.42. The third-order valence-corrected chi connectivity index (χ3v) is 6.77. The van der Waals surface area contributed by atoms with Crippen molar-refractivity contribution in [2.45, 2.75) is 10.4 Å². The lowest BCUT2D eigenvalue weighted by molar-refractivity contribution is -0.123. The van der Waals surface area contributed by atoms with E-state index >= 15 is 0 Å². The third-order valence-electron chi connectivity index (χ3n) is 4.01. The normalized spacial score (nSPS) is 11.6. The average Bonchev–Trinajstić information content (AvgIpc) is 3.28. The summed E-state index contributed by atoms with van der Waals surface area (Å²) in [6, 6.07) is 14.3. The molecule has 0 aliphatic rings. The van der Waals surface area contributed by atoms with E-state index in [1.807, 2.05) is 0 Å². The number of carbonyl (C=O) groups excluding carboxylic acids is 2. The van der Waals surface area contributed by atoms with Crippen LogP contribution in [0.1, 0.15) is 20.7 Å². The van der Waals surface area contributed by atoms with Crippen molar-refractivity contribution in [3.63, 3.8) is 0 Å². The van der Waals surface area contributed by atoms with Gasteiger partial charge < -0.3 is 10.6 Å². The van der Waals surface area contributed by atoms with Crippen molar-refractivity contribution < 1.29 is 31.2 Å². The predicted octanol–water partition coefficient (Wildman–Crippen LogP) is 4.09. The maximum Gasteiger partial charge on any atom is 0.405 e. The van der Waals surface area contributed by atoms with E-state index in [-0.39, 0.29) is 26.7 Å². The number of carbonyl (C=O) groups is 2. The Kier molecular flexibility index (Phi) is 6.84. The Balaban J connectivity index is 1.77. The van der Waals surface area contributed by atoms with Crippen LogP contribution in [0.25, 0.3) is 0 Å². The molecule has 32 heavy (non-hydrogen) atoms. The molecule has 3 aromatic rings. The SMILES string of the molecule is O=C(NCC(F)(F)F)c1cccc(NC(=O)c2ccccc2NS(=O)(=O)c2cccs2)c1. The van der Waals surface area contributed by atoms with Gasteiger partial charge in [0.15, 0.2) is 0 Å². The lowest BCUT2D eigenvalue weighted by Gasteiger charge is -2.13. The van der Waals surface area contributed by atoms with E-state index in [0.717, 1.165) is 11.3 Å². The molecule has 0 bridgehead atoms. The van der Waals surface area contributed by atoms with Crippen molar-refractivity contribution in [1.29, 1.82) is 0 Å². The molecule has 2 amide bonds. The number of para-hydroxylation sites is 1. The van der Waals surface area contributed by atoms with Gasteiger partial charge in [-0.25, -0.2) is 8.42 Å². The van der Waals surface area contributed by atoms with Crippen LogP contribution in [0.3, 0.4) is 0 Å². The maximum absolute atomic E-state index is 12.8. The predicted molar refractivity (Wildman–Crippen MR) is 114 cm³/mol. The van der Waals surface area contributed by atoms with Gasteiger partial charge in [-0.15, -0.1) is 11.3 Å². The molecule has 3 N–H and O–H groups in total. The minimum atomic E-state index is -4.55. The van der Waals surface area contributed by atoms with Crippen molar-refractivity contribution in [3.8, 4) is 0 Å². The first-order valence-electron chi connectivity index (χ1n) is 8.97. The van der Waals surface area contributed by atoms with Crippen molar-refractivity contribution in [3.05, 3.63) is 77.2 Å². The number of rotatable bonds is 7.